The highest BCUT2D eigenvalue weighted by atomic mass is 19.1. The number of hydrogen-bond acceptors (Lipinski definition) is 3. The van der Waals surface area contributed by atoms with Crippen LogP contribution in [0.25, 0.3) is 10.9 Å². The summed E-state index contributed by atoms with van der Waals surface area (Å²) in [5, 5.41) is 12.9. The molecule has 1 fully saturated rings. The molecule has 5 nitrogen and oxygen atoms in total. The van der Waals surface area contributed by atoms with Crippen molar-refractivity contribution >= 4 is 22.7 Å². The van der Waals surface area contributed by atoms with Gasteiger partial charge in [0, 0.05) is 36.4 Å². The highest BCUT2D eigenvalue weighted by Gasteiger charge is 2.25. The van der Waals surface area contributed by atoms with Crippen molar-refractivity contribution < 1.29 is 14.3 Å². The van der Waals surface area contributed by atoms with E-state index in [0.29, 0.717) is 24.0 Å². The number of anilines is 1. The van der Waals surface area contributed by atoms with Crippen LogP contribution < -0.4 is 5.32 Å². The zero-order chi connectivity index (χ0) is 14.1. The number of nitrogens with one attached hydrogen (secondary N) is 1. The van der Waals surface area contributed by atoms with Gasteiger partial charge in [-0.2, -0.15) is 0 Å². The van der Waals surface area contributed by atoms with Crippen molar-refractivity contribution in [3.63, 3.8) is 0 Å². The maximum Gasteiger partial charge on any atom is 0.407 e. The van der Waals surface area contributed by atoms with Gasteiger partial charge in [0.05, 0.1) is 5.52 Å². The summed E-state index contributed by atoms with van der Waals surface area (Å²) in [4.78, 5) is 16.5. The van der Waals surface area contributed by atoms with Gasteiger partial charge in [-0.15, -0.1) is 0 Å². The second kappa shape index (κ2) is 4.96. The normalized spacial score (nSPS) is 18.4. The van der Waals surface area contributed by atoms with Gasteiger partial charge in [0.1, 0.15) is 5.82 Å². The summed E-state index contributed by atoms with van der Waals surface area (Å²) < 4.78 is 13.4. The van der Waals surface area contributed by atoms with Crippen molar-refractivity contribution in [3.8, 4) is 0 Å². The fourth-order valence-electron chi connectivity index (χ4n) is 2.52. The molecular formula is C14H14FN3O2. The van der Waals surface area contributed by atoms with Gasteiger partial charge >= 0.3 is 6.09 Å². The van der Waals surface area contributed by atoms with Crippen molar-refractivity contribution in [3.05, 3.63) is 36.3 Å². The fraction of sp³-hybridized carbons (Fsp3) is 0.286. The van der Waals surface area contributed by atoms with Crippen LogP contribution in [-0.2, 0) is 0 Å². The number of rotatable bonds is 2. The largest absolute Gasteiger partial charge is 0.465 e. The molecule has 2 N–H and O–H groups in total. The van der Waals surface area contributed by atoms with Crippen LogP contribution in [0.1, 0.15) is 6.42 Å². The summed E-state index contributed by atoms with van der Waals surface area (Å²) in [7, 11) is 0. The Hall–Kier alpha value is -2.37. The summed E-state index contributed by atoms with van der Waals surface area (Å²) in [6.07, 6.45) is 1.50. The van der Waals surface area contributed by atoms with Crippen LogP contribution in [0.3, 0.4) is 0 Å². The number of carboxylic acid groups (broad SMARTS) is 1. The molecule has 2 aromatic rings. The van der Waals surface area contributed by atoms with Crippen molar-refractivity contribution in [2.75, 3.05) is 18.4 Å². The number of benzene rings is 1. The third kappa shape index (κ3) is 2.36. The Morgan fingerprint density at radius 1 is 1.45 bits per heavy atom. The average molecular weight is 275 g/mol. The van der Waals surface area contributed by atoms with Crippen LogP contribution in [0, 0.1) is 5.82 Å². The molecule has 0 unspecified atom stereocenters. The summed E-state index contributed by atoms with van der Waals surface area (Å²) in [5.74, 6) is -0.313. The smallest absolute Gasteiger partial charge is 0.407 e. The van der Waals surface area contributed by atoms with Gasteiger partial charge in [0.25, 0.3) is 0 Å². The van der Waals surface area contributed by atoms with Crippen molar-refractivity contribution in [1.29, 1.82) is 0 Å². The number of likely N-dealkylation sites (tertiary alicyclic amines) is 1. The molecule has 0 spiro atoms. The quantitative estimate of drug-likeness (QED) is 0.884. The minimum absolute atomic E-state index is 0.0416. The molecule has 1 aliphatic rings. The molecule has 20 heavy (non-hydrogen) atoms. The van der Waals surface area contributed by atoms with E-state index in [-0.39, 0.29) is 11.9 Å². The summed E-state index contributed by atoms with van der Waals surface area (Å²) in [6.45, 7) is 0.957. The molecule has 104 valence electrons. The molecule has 0 bridgehead atoms. The number of aromatic nitrogens is 1. The predicted octanol–water partition coefficient (Wildman–Crippen LogP) is 2.54. The van der Waals surface area contributed by atoms with E-state index >= 15 is 0 Å². The maximum absolute atomic E-state index is 13.4. The lowest BCUT2D eigenvalue weighted by Gasteiger charge is -2.16. The number of carbonyl (C=O) groups is 1. The highest BCUT2D eigenvalue weighted by molar-refractivity contribution is 5.91. The first kappa shape index (κ1) is 12.7. The van der Waals surface area contributed by atoms with E-state index in [1.165, 1.54) is 17.0 Å². The zero-order valence-corrected chi connectivity index (χ0v) is 10.7. The standard InChI is InChI=1S/C14H14FN3O2/c15-9-1-2-12-11(7-9)13(3-5-16-12)17-10-4-6-18(8-10)14(19)20/h1-3,5,7,10H,4,6,8H2,(H,16,17)(H,19,20)/t10-/m1/s1. The maximum atomic E-state index is 13.4. The van der Waals surface area contributed by atoms with E-state index in [2.05, 4.69) is 10.3 Å². The molecule has 1 aromatic carbocycles. The SMILES string of the molecule is O=C(O)N1CC[C@@H](Nc2ccnc3ccc(F)cc23)C1. The van der Waals surface area contributed by atoms with Gasteiger partial charge in [0.15, 0.2) is 0 Å². The molecule has 3 rings (SSSR count). The van der Waals surface area contributed by atoms with Crippen molar-refractivity contribution in [2.24, 2.45) is 0 Å². The van der Waals surface area contributed by atoms with Gasteiger partial charge < -0.3 is 15.3 Å². The molecule has 1 atom stereocenters. The Kier molecular flexibility index (Phi) is 3.14. The Morgan fingerprint density at radius 3 is 3.05 bits per heavy atom. The van der Waals surface area contributed by atoms with Crippen LogP contribution in [0.4, 0.5) is 14.9 Å². The number of halogens is 1. The topological polar surface area (TPSA) is 65.5 Å². The third-order valence-electron chi connectivity index (χ3n) is 3.52. The van der Waals surface area contributed by atoms with Crippen molar-refractivity contribution in [2.45, 2.75) is 12.5 Å². The lowest BCUT2D eigenvalue weighted by atomic mass is 10.1. The molecule has 1 aromatic heterocycles. The van der Waals surface area contributed by atoms with E-state index in [0.717, 1.165) is 12.1 Å². The second-order valence-electron chi connectivity index (χ2n) is 4.88. The fourth-order valence-corrected chi connectivity index (χ4v) is 2.52. The summed E-state index contributed by atoms with van der Waals surface area (Å²) in [5.41, 5.74) is 1.50. The van der Waals surface area contributed by atoms with Crippen LogP contribution in [-0.4, -0.2) is 40.2 Å². The number of nitrogens with zero attached hydrogens (tertiary/aromatic N) is 2. The van der Waals surface area contributed by atoms with E-state index in [1.54, 1.807) is 18.3 Å². The minimum Gasteiger partial charge on any atom is -0.465 e. The molecule has 1 amide bonds. The predicted molar refractivity (Wildman–Crippen MR) is 73.3 cm³/mol. The number of hydrogen-bond donors (Lipinski definition) is 2. The van der Waals surface area contributed by atoms with Gasteiger partial charge in [-0.05, 0) is 30.7 Å². The van der Waals surface area contributed by atoms with Gasteiger partial charge in [-0.25, -0.2) is 9.18 Å². The lowest BCUT2D eigenvalue weighted by molar-refractivity contribution is 0.155. The molecule has 0 radical (unpaired) electrons. The number of fused-ring (bicyclic) bond motifs is 1. The summed E-state index contributed by atoms with van der Waals surface area (Å²) in [6, 6.07) is 6.27. The molecule has 0 saturated carbocycles. The lowest BCUT2D eigenvalue weighted by Crippen LogP contribution is -2.30. The molecular weight excluding hydrogens is 261 g/mol. The second-order valence-corrected chi connectivity index (χ2v) is 4.88. The molecule has 2 heterocycles. The van der Waals surface area contributed by atoms with Gasteiger partial charge in [-0.3, -0.25) is 4.98 Å². The minimum atomic E-state index is -0.903. The zero-order valence-electron chi connectivity index (χ0n) is 10.7. The van der Waals surface area contributed by atoms with Gasteiger partial charge in [0.2, 0.25) is 0 Å². The monoisotopic (exact) mass is 275 g/mol. The van der Waals surface area contributed by atoms with Crippen LogP contribution in [0.15, 0.2) is 30.5 Å². The Bertz CT molecular complexity index is 662. The molecule has 1 aliphatic heterocycles. The van der Waals surface area contributed by atoms with Crippen LogP contribution in [0.5, 0.6) is 0 Å². The molecule has 6 heteroatoms. The highest BCUT2D eigenvalue weighted by Crippen LogP contribution is 2.24. The third-order valence-corrected chi connectivity index (χ3v) is 3.52. The Morgan fingerprint density at radius 2 is 2.30 bits per heavy atom. The first-order valence-corrected chi connectivity index (χ1v) is 6.42. The average Bonchev–Trinajstić information content (AvgIpc) is 2.88. The van der Waals surface area contributed by atoms with E-state index in [4.69, 9.17) is 5.11 Å². The Labute approximate surface area is 115 Å². The Balaban J connectivity index is 1.85. The first-order valence-electron chi connectivity index (χ1n) is 6.42. The van der Waals surface area contributed by atoms with Crippen LogP contribution >= 0.6 is 0 Å². The van der Waals surface area contributed by atoms with Gasteiger partial charge in [-0.1, -0.05) is 0 Å². The molecule has 1 saturated heterocycles. The van der Waals surface area contributed by atoms with Crippen LogP contribution in [0.2, 0.25) is 0 Å². The molecule has 0 aliphatic carbocycles. The van der Waals surface area contributed by atoms with Crippen molar-refractivity contribution in [1.82, 2.24) is 9.88 Å². The van der Waals surface area contributed by atoms with E-state index in [1.807, 2.05) is 0 Å². The number of pyridine rings is 1. The first-order chi connectivity index (χ1) is 9.63. The van der Waals surface area contributed by atoms with E-state index in [9.17, 15) is 9.18 Å². The summed E-state index contributed by atoms with van der Waals surface area (Å²) >= 11 is 0. The van der Waals surface area contributed by atoms with E-state index < -0.39 is 6.09 Å². The number of amides is 1.